The minimum atomic E-state index is -0.163. The van der Waals surface area contributed by atoms with E-state index in [0.717, 1.165) is 45.5 Å². The molecule has 2 rings (SSSR count). The quantitative estimate of drug-likeness (QED) is 0.800. The zero-order chi connectivity index (χ0) is 13.5. The molecule has 3 nitrogen and oxygen atoms in total. The number of para-hydroxylation sites is 1. The first kappa shape index (κ1) is 14.3. The number of nitrogens with one attached hydrogen (secondary N) is 1. The molecule has 0 saturated carbocycles. The van der Waals surface area contributed by atoms with Crippen LogP contribution in [0.15, 0.2) is 24.3 Å². The van der Waals surface area contributed by atoms with Gasteiger partial charge in [0.15, 0.2) is 0 Å². The third-order valence-corrected chi connectivity index (χ3v) is 3.54. The van der Waals surface area contributed by atoms with Gasteiger partial charge in [0.05, 0.1) is 11.8 Å². The number of benzene rings is 1. The van der Waals surface area contributed by atoms with Crippen molar-refractivity contribution in [2.24, 2.45) is 0 Å². The van der Waals surface area contributed by atoms with E-state index in [1.54, 1.807) is 6.07 Å². The Morgan fingerprint density at radius 2 is 2.05 bits per heavy atom. The monoisotopic (exact) mass is 266 g/mol. The minimum absolute atomic E-state index is 0.163. The van der Waals surface area contributed by atoms with Crippen molar-refractivity contribution in [3.8, 4) is 0 Å². The Labute approximate surface area is 114 Å². The van der Waals surface area contributed by atoms with Crippen LogP contribution in [0.4, 0.5) is 10.1 Å². The topological polar surface area (TPSA) is 24.5 Å². The molecule has 1 aromatic rings. The first-order valence-corrected chi connectivity index (χ1v) is 7.05. The standard InChI is InChI=1S/C15H23FN2O/c1-18(15-6-3-2-5-14(15)16)11-4-12-19-13-7-9-17-10-8-13/h2-3,5-6,13,17H,4,7-12H2,1H3. The lowest BCUT2D eigenvalue weighted by atomic mass is 10.1. The second-order valence-corrected chi connectivity index (χ2v) is 5.05. The van der Waals surface area contributed by atoms with E-state index in [0.29, 0.717) is 11.8 Å². The van der Waals surface area contributed by atoms with Gasteiger partial charge in [-0.25, -0.2) is 4.39 Å². The highest BCUT2D eigenvalue weighted by molar-refractivity contribution is 5.46. The smallest absolute Gasteiger partial charge is 0.146 e. The number of anilines is 1. The predicted molar refractivity (Wildman–Crippen MR) is 76.1 cm³/mol. The minimum Gasteiger partial charge on any atom is -0.378 e. The molecule has 4 heteroatoms. The Bertz CT molecular complexity index is 380. The van der Waals surface area contributed by atoms with Crippen molar-refractivity contribution in [2.45, 2.75) is 25.4 Å². The third-order valence-electron chi connectivity index (χ3n) is 3.54. The molecule has 1 saturated heterocycles. The molecule has 0 atom stereocenters. The molecule has 1 aromatic carbocycles. The molecule has 0 bridgehead atoms. The van der Waals surface area contributed by atoms with Crippen molar-refractivity contribution in [1.82, 2.24) is 5.32 Å². The lowest BCUT2D eigenvalue weighted by molar-refractivity contribution is 0.0324. The maximum Gasteiger partial charge on any atom is 0.146 e. The van der Waals surface area contributed by atoms with Crippen LogP contribution in [0.25, 0.3) is 0 Å². The summed E-state index contributed by atoms with van der Waals surface area (Å²) in [6.45, 7) is 3.68. The zero-order valence-electron chi connectivity index (χ0n) is 11.6. The summed E-state index contributed by atoms with van der Waals surface area (Å²) in [7, 11) is 1.92. The summed E-state index contributed by atoms with van der Waals surface area (Å²) in [6, 6.07) is 6.88. The Balaban J connectivity index is 1.66. The van der Waals surface area contributed by atoms with Crippen molar-refractivity contribution >= 4 is 5.69 Å². The van der Waals surface area contributed by atoms with Crippen LogP contribution < -0.4 is 10.2 Å². The molecule has 106 valence electrons. The fourth-order valence-corrected chi connectivity index (χ4v) is 2.40. The van der Waals surface area contributed by atoms with Crippen LogP contribution in [0.3, 0.4) is 0 Å². The van der Waals surface area contributed by atoms with E-state index >= 15 is 0 Å². The Morgan fingerprint density at radius 1 is 1.32 bits per heavy atom. The van der Waals surface area contributed by atoms with E-state index < -0.39 is 0 Å². The van der Waals surface area contributed by atoms with E-state index in [2.05, 4.69) is 5.32 Å². The van der Waals surface area contributed by atoms with Crippen LogP contribution in [0, 0.1) is 5.82 Å². The SMILES string of the molecule is CN(CCCOC1CCNCC1)c1ccccc1F. The molecular formula is C15H23FN2O. The summed E-state index contributed by atoms with van der Waals surface area (Å²) in [6.07, 6.45) is 3.53. The summed E-state index contributed by atoms with van der Waals surface area (Å²) >= 11 is 0. The molecule has 0 unspecified atom stereocenters. The number of hydrogen-bond donors (Lipinski definition) is 1. The van der Waals surface area contributed by atoms with E-state index in [1.807, 2.05) is 24.1 Å². The number of ether oxygens (including phenoxy) is 1. The second-order valence-electron chi connectivity index (χ2n) is 5.05. The van der Waals surface area contributed by atoms with Gasteiger partial charge in [0, 0.05) is 20.2 Å². The van der Waals surface area contributed by atoms with Crippen LogP contribution >= 0.6 is 0 Å². The van der Waals surface area contributed by atoms with Crippen molar-refractivity contribution in [3.05, 3.63) is 30.1 Å². The average Bonchev–Trinajstić information content (AvgIpc) is 2.45. The van der Waals surface area contributed by atoms with Gasteiger partial charge < -0.3 is 15.0 Å². The van der Waals surface area contributed by atoms with Crippen LogP contribution in [-0.2, 0) is 4.74 Å². The highest BCUT2D eigenvalue weighted by atomic mass is 19.1. The molecule has 1 aliphatic heterocycles. The van der Waals surface area contributed by atoms with Crippen LogP contribution in [0.2, 0.25) is 0 Å². The van der Waals surface area contributed by atoms with Gasteiger partial charge in [-0.2, -0.15) is 0 Å². The maximum absolute atomic E-state index is 13.6. The molecule has 1 heterocycles. The fourth-order valence-electron chi connectivity index (χ4n) is 2.40. The lowest BCUT2D eigenvalue weighted by Gasteiger charge is -2.24. The Morgan fingerprint density at radius 3 is 2.79 bits per heavy atom. The van der Waals surface area contributed by atoms with Gasteiger partial charge in [0.2, 0.25) is 0 Å². The number of rotatable bonds is 6. The Hall–Kier alpha value is -1.13. The van der Waals surface area contributed by atoms with Crippen molar-refractivity contribution in [3.63, 3.8) is 0 Å². The summed E-state index contributed by atoms with van der Waals surface area (Å²) in [5, 5.41) is 3.32. The van der Waals surface area contributed by atoms with E-state index in [-0.39, 0.29) is 5.82 Å². The van der Waals surface area contributed by atoms with Gasteiger partial charge in [-0.15, -0.1) is 0 Å². The number of hydrogen-bond acceptors (Lipinski definition) is 3. The molecule has 0 radical (unpaired) electrons. The number of piperidine rings is 1. The highest BCUT2D eigenvalue weighted by Gasteiger charge is 2.13. The van der Waals surface area contributed by atoms with E-state index in [9.17, 15) is 4.39 Å². The molecule has 19 heavy (non-hydrogen) atoms. The summed E-state index contributed by atoms with van der Waals surface area (Å²) in [5.41, 5.74) is 0.657. The van der Waals surface area contributed by atoms with Crippen LogP contribution in [-0.4, -0.2) is 39.4 Å². The molecule has 0 aliphatic carbocycles. The van der Waals surface area contributed by atoms with Crippen molar-refractivity contribution in [2.75, 3.05) is 38.2 Å². The van der Waals surface area contributed by atoms with Gasteiger partial charge in [-0.1, -0.05) is 12.1 Å². The number of halogens is 1. The largest absolute Gasteiger partial charge is 0.378 e. The fraction of sp³-hybridized carbons (Fsp3) is 0.600. The van der Waals surface area contributed by atoms with Gasteiger partial charge in [-0.3, -0.25) is 0 Å². The predicted octanol–water partition coefficient (Wildman–Crippen LogP) is 2.42. The molecule has 1 N–H and O–H groups in total. The number of nitrogens with zero attached hydrogens (tertiary/aromatic N) is 1. The Kier molecular flexibility index (Phi) is 5.61. The van der Waals surface area contributed by atoms with Crippen LogP contribution in [0.1, 0.15) is 19.3 Å². The summed E-state index contributed by atoms with van der Waals surface area (Å²) < 4.78 is 19.4. The molecular weight excluding hydrogens is 243 g/mol. The highest BCUT2D eigenvalue weighted by Crippen LogP contribution is 2.17. The molecule has 0 amide bonds. The van der Waals surface area contributed by atoms with Gasteiger partial charge in [0.25, 0.3) is 0 Å². The third kappa shape index (κ3) is 4.48. The first-order valence-electron chi connectivity index (χ1n) is 7.05. The van der Waals surface area contributed by atoms with Crippen molar-refractivity contribution in [1.29, 1.82) is 0 Å². The van der Waals surface area contributed by atoms with Crippen LogP contribution in [0.5, 0.6) is 0 Å². The summed E-state index contributed by atoms with van der Waals surface area (Å²) in [4.78, 5) is 1.95. The molecule has 0 aromatic heterocycles. The van der Waals surface area contributed by atoms with Crippen molar-refractivity contribution < 1.29 is 9.13 Å². The van der Waals surface area contributed by atoms with Gasteiger partial charge >= 0.3 is 0 Å². The van der Waals surface area contributed by atoms with E-state index in [4.69, 9.17) is 4.74 Å². The second kappa shape index (κ2) is 7.46. The van der Waals surface area contributed by atoms with E-state index in [1.165, 1.54) is 6.07 Å². The average molecular weight is 266 g/mol. The molecule has 1 fully saturated rings. The maximum atomic E-state index is 13.6. The van der Waals surface area contributed by atoms with Gasteiger partial charge in [0.1, 0.15) is 5.82 Å². The zero-order valence-corrected chi connectivity index (χ0v) is 11.6. The summed E-state index contributed by atoms with van der Waals surface area (Å²) in [5.74, 6) is -0.163. The molecule has 1 aliphatic rings. The molecule has 0 spiro atoms. The lowest BCUT2D eigenvalue weighted by Crippen LogP contribution is -2.33. The first-order chi connectivity index (χ1) is 9.27. The normalized spacial score (nSPS) is 16.5. The van der Waals surface area contributed by atoms with Gasteiger partial charge in [-0.05, 0) is 44.5 Å².